The van der Waals surface area contributed by atoms with Gasteiger partial charge in [0.2, 0.25) is 0 Å². The number of hydrogen-bond donors (Lipinski definition) is 1. The van der Waals surface area contributed by atoms with Crippen LogP contribution in [-0.4, -0.2) is 72.1 Å². The third-order valence-electron chi connectivity index (χ3n) is 5.23. The van der Waals surface area contributed by atoms with Gasteiger partial charge in [-0.05, 0) is 39.8 Å². The molecule has 1 saturated heterocycles. The van der Waals surface area contributed by atoms with Crippen LogP contribution in [0.15, 0.2) is 29.8 Å². The Morgan fingerprint density at radius 1 is 1.14 bits per heavy atom. The number of thiazole rings is 1. The summed E-state index contributed by atoms with van der Waals surface area (Å²) in [6.45, 7) is 13.8. The molecule has 2 aromatic heterocycles. The molecule has 0 radical (unpaired) electrons. The van der Waals surface area contributed by atoms with Gasteiger partial charge < -0.3 is 15.1 Å². The Morgan fingerprint density at radius 2 is 1.83 bits per heavy atom. The van der Waals surface area contributed by atoms with E-state index >= 15 is 0 Å². The number of carbonyl (C=O) groups excluding carboxylic acids is 1. The molecule has 0 bridgehead atoms. The van der Waals surface area contributed by atoms with Gasteiger partial charge in [-0.15, -0.1) is 11.3 Å². The van der Waals surface area contributed by atoms with Crippen molar-refractivity contribution >= 4 is 28.2 Å². The fraction of sp³-hybridized carbons (Fsp3) is 0.571. The molecule has 0 atom stereocenters. The van der Waals surface area contributed by atoms with Crippen LogP contribution in [0.3, 0.4) is 0 Å². The van der Waals surface area contributed by atoms with Gasteiger partial charge in [0.15, 0.2) is 5.13 Å². The quantitative estimate of drug-likeness (QED) is 0.714. The zero-order valence-corrected chi connectivity index (χ0v) is 18.7. The zero-order valence-electron chi connectivity index (χ0n) is 17.8. The lowest BCUT2D eigenvalue weighted by atomic mass is 10.2. The van der Waals surface area contributed by atoms with Crippen molar-refractivity contribution in [2.45, 2.75) is 39.8 Å². The summed E-state index contributed by atoms with van der Waals surface area (Å²) in [7, 11) is 0. The second-order valence-electron chi connectivity index (χ2n) is 7.86. The van der Waals surface area contributed by atoms with Crippen molar-refractivity contribution in [3.05, 3.63) is 35.5 Å². The smallest absolute Gasteiger partial charge is 0.270 e. The number of nitrogens with zero attached hydrogens (tertiary/aromatic N) is 5. The summed E-state index contributed by atoms with van der Waals surface area (Å²) >= 11 is 1.54. The van der Waals surface area contributed by atoms with Crippen molar-refractivity contribution in [1.29, 1.82) is 0 Å². The van der Waals surface area contributed by atoms with Crippen molar-refractivity contribution < 1.29 is 4.79 Å². The van der Waals surface area contributed by atoms with E-state index in [1.807, 2.05) is 29.8 Å². The Bertz CT molecular complexity index is 762. The molecule has 0 saturated carbocycles. The summed E-state index contributed by atoms with van der Waals surface area (Å²) in [4.78, 5) is 28.4. The molecule has 0 aromatic carbocycles. The average molecular weight is 417 g/mol. The van der Waals surface area contributed by atoms with E-state index in [0.29, 0.717) is 24.3 Å². The first-order chi connectivity index (χ1) is 14.0. The van der Waals surface area contributed by atoms with Gasteiger partial charge in [0.25, 0.3) is 5.91 Å². The van der Waals surface area contributed by atoms with Crippen molar-refractivity contribution in [2.75, 3.05) is 49.1 Å². The number of piperazine rings is 1. The Kier molecular flexibility index (Phi) is 7.44. The Balaban J connectivity index is 1.48. The highest BCUT2D eigenvalue weighted by molar-refractivity contribution is 7.13. The molecule has 0 spiro atoms. The Labute approximate surface area is 177 Å². The molecule has 3 heterocycles. The maximum atomic E-state index is 12.5. The number of hydrogen-bond acceptors (Lipinski definition) is 7. The lowest BCUT2D eigenvalue weighted by molar-refractivity contribution is 0.0935. The number of nitrogens with one attached hydrogen (secondary N) is 1. The molecule has 2 aromatic rings. The maximum Gasteiger partial charge on any atom is 0.270 e. The van der Waals surface area contributed by atoms with Crippen LogP contribution in [0.4, 0.5) is 10.9 Å². The zero-order chi connectivity index (χ0) is 20.8. The molecule has 1 fully saturated rings. The SMILES string of the molecule is CC(C)N(CCNC(=O)c1csc(N2CCN(c3ccccn3)CC2)n1)C(C)C. The lowest BCUT2D eigenvalue weighted by Crippen LogP contribution is -2.46. The predicted molar refractivity (Wildman–Crippen MR) is 120 cm³/mol. The summed E-state index contributed by atoms with van der Waals surface area (Å²) in [6.07, 6.45) is 1.83. The minimum Gasteiger partial charge on any atom is -0.353 e. The Morgan fingerprint density at radius 3 is 2.45 bits per heavy atom. The summed E-state index contributed by atoms with van der Waals surface area (Å²) in [5.41, 5.74) is 0.512. The van der Waals surface area contributed by atoms with Crippen LogP contribution in [0.1, 0.15) is 38.2 Å². The van der Waals surface area contributed by atoms with E-state index in [0.717, 1.165) is 43.7 Å². The van der Waals surface area contributed by atoms with Gasteiger partial charge in [-0.3, -0.25) is 9.69 Å². The van der Waals surface area contributed by atoms with Gasteiger partial charge >= 0.3 is 0 Å². The lowest BCUT2D eigenvalue weighted by Gasteiger charge is -2.35. The van der Waals surface area contributed by atoms with Gasteiger partial charge in [0.05, 0.1) is 0 Å². The number of amides is 1. The highest BCUT2D eigenvalue weighted by Gasteiger charge is 2.21. The molecule has 8 heteroatoms. The minimum atomic E-state index is -0.0907. The van der Waals surface area contributed by atoms with E-state index in [4.69, 9.17) is 0 Å². The highest BCUT2D eigenvalue weighted by Crippen LogP contribution is 2.23. The summed E-state index contributed by atoms with van der Waals surface area (Å²) < 4.78 is 0. The number of pyridine rings is 1. The molecule has 1 aliphatic rings. The molecule has 7 nitrogen and oxygen atoms in total. The molecule has 29 heavy (non-hydrogen) atoms. The number of rotatable bonds is 8. The molecule has 0 aliphatic carbocycles. The van der Waals surface area contributed by atoms with Crippen LogP contribution >= 0.6 is 11.3 Å². The first kappa shape index (κ1) is 21.5. The molecule has 1 N–H and O–H groups in total. The van der Waals surface area contributed by atoms with Gasteiger partial charge in [0, 0.05) is 62.9 Å². The largest absolute Gasteiger partial charge is 0.353 e. The van der Waals surface area contributed by atoms with Crippen molar-refractivity contribution in [3.8, 4) is 0 Å². The normalized spacial score (nSPS) is 14.9. The van der Waals surface area contributed by atoms with Crippen LogP contribution in [0.25, 0.3) is 0 Å². The molecular formula is C21H32N6OS. The maximum absolute atomic E-state index is 12.5. The van der Waals surface area contributed by atoms with E-state index in [9.17, 15) is 4.79 Å². The molecule has 158 valence electrons. The van der Waals surface area contributed by atoms with Gasteiger partial charge in [-0.1, -0.05) is 6.07 Å². The topological polar surface area (TPSA) is 64.6 Å². The molecule has 3 rings (SSSR count). The van der Waals surface area contributed by atoms with Crippen molar-refractivity contribution in [3.63, 3.8) is 0 Å². The third kappa shape index (κ3) is 5.67. The highest BCUT2D eigenvalue weighted by atomic mass is 32.1. The fourth-order valence-corrected chi connectivity index (χ4v) is 4.54. The molecule has 1 amide bonds. The number of carbonyl (C=O) groups is 1. The number of aromatic nitrogens is 2. The summed E-state index contributed by atoms with van der Waals surface area (Å²) in [5.74, 6) is 0.926. The van der Waals surface area contributed by atoms with Crippen molar-refractivity contribution in [2.24, 2.45) is 0 Å². The van der Waals surface area contributed by atoms with Gasteiger partial charge in [-0.2, -0.15) is 0 Å². The minimum absolute atomic E-state index is 0.0907. The molecular weight excluding hydrogens is 384 g/mol. The molecule has 0 unspecified atom stereocenters. The first-order valence-electron chi connectivity index (χ1n) is 10.4. The van der Waals surface area contributed by atoms with Gasteiger partial charge in [-0.25, -0.2) is 9.97 Å². The number of anilines is 2. The third-order valence-corrected chi connectivity index (χ3v) is 6.13. The van der Waals surface area contributed by atoms with Crippen LogP contribution < -0.4 is 15.1 Å². The first-order valence-corrected chi connectivity index (χ1v) is 11.2. The standard InChI is InChI=1S/C21H32N6OS/c1-16(2)27(17(3)4)10-9-23-20(28)18-15-29-21(24-18)26-13-11-25(12-14-26)19-7-5-6-8-22-19/h5-8,15-17H,9-14H2,1-4H3,(H,23,28). The van der Waals surface area contributed by atoms with E-state index in [1.54, 1.807) is 11.3 Å². The van der Waals surface area contributed by atoms with E-state index in [-0.39, 0.29) is 5.91 Å². The Hall–Kier alpha value is -2.19. The van der Waals surface area contributed by atoms with Crippen LogP contribution in [-0.2, 0) is 0 Å². The van der Waals surface area contributed by atoms with Gasteiger partial charge in [0.1, 0.15) is 11.5 Å². The fourth-order valence-electron chi connectivity index (χ4n) is 3.68. The van der Waals surface area contributed by atoms with Crippen LogP contribution in [0.5, 0.6) is 0 Å². The summed E-state index contributed by atoms with van der Waals surface area (Å²) in [5, 5.41) is 5.79. The van der Waals surface area contributed by atoms with E-state index in [1.165, 1.54) is 0 Å². The monoisotopic (exact) mass is 416 g/mol. The van der Waals surface area contributed by atoms with Crippen molar-refractivity contribution in [1.82, 2.24) is 20.2 Å². The van der Waals surface area contributed by atoms with E-state index in [2.05, 4.69) is 57.7 Å². The second-order valence-corrected chi connectivity index (χ2v) is 8.70. The molecule has 1 aliphatic heterocycles. The van der Waals surface area contributed by atoms with E-state index < -0.39 is 0 Å². The van der Waals surface area contributed by atoms with Crippen LogP contribution in [0.2, 0.25) is 0 Å². The average Bonchev–Trinajstić information content (AvgIpc) is 3.21. The summed E-state index contributed by atoms with van der Waals surface area (Å²) in [6, 6.07) is 6.92. The van der Waals surface area contributed by atoms with Crippen LogP contribution in [0, 0.1) is 0 Å². The second kappa shape index (κ2) is 10.0. The predicted octanol–water partition coefficient (Wildman–Crippen LogP) is 2.71.